The highest BCUT2D eigenvalue weighted by Crippen LogP contribution is 2.30. The Hall–Kier alpha value is -1.20. The van der Waals surface area contributed by atoms with Gasteiger partial charge in [0.1, 0.15) is 0 Å². The van der Waals surface area contributed by atoms with E-state index in [1.54, 1.807) is 30.1 Å². The molecule has 0 aromatic heterocycles. The highest BCUT2D eigenvalue weighted by Gasteiger charge is 2.31. The van der Waals surface area contributed by atoms with E-state index >= 15 is 0 Å². The van der Waals surface area contributed by atoms with Crippen LogP contribution >= 0.6 is 24.2 Å². The van der Waals surface area contributed by atoms with Gasteiger partial charge < -0.3 is 10.2 Å². The van der Waals surface area contributed by atoms with Crippen LogP contribution in [0.5, 0.6) is 0 Å². The van der Waals surface area contributed by atoms with Crippen molar-refractivity contribution in [2.24, 2.45) is 5.92 Å². The molecule has 1 fully saturated rings. The third-order valence-electron chi connectivity index (χ3n) is 3.18. The number of nitrogens with one attached hydrogen (secondary N) is 1. The summed E-state index contributed by atoms with van der Waals surface area (Å²) in [4.78, 5) is 25.5. The minimum atomic E-state index is -0.250. The van der Waals surface area contributed by atoms with E-state index in [1.165, 1.54) is 0 Å². The molecule has 0 bridgehead atoms. The third-order valence-corrected chi connectivity index (χ3v) is 3.94. The van der Waals surface area contributed by atoms with Gasteiger partial charge in [-0.25, -0.2) is 0 Å². The van der Waals surface area contributed by atoms with Gasteiger partial charge in [0, 0.05) is 25.0 Å². The van der Waals surface area contributed by atoms with Crippen molar-refractivity contribution < 1.29 is 9.59 Å². The third kappa shape index (κ3) is 2.87. The van der Waals surface area contributed by atoms with E-state index in [4.69, 9.17) is 11.6 Å². The first-order chi connectivity index (χ1) is 9.06. The van der Waals surface area contributed by atoms with Gasteiger partial charge in [-0.1, -0.05) is 11.6 Å². The molecule has 102 valence electrons. The normalized spacial score (nSPS) is 18.8. The lowest BCUT2D eigenvalue weighted by Gasteiger charge is -2.20. The highest BCUT2D eigenvalue weighted by atomic mass is 35.5. The second-order valence-corrected chi connectivity index (χ2v) is 5.30. The second-order valence-electron chi connectivity index (χ2n) is 4.50. The van der Waals surface area contributed by atoms with Crippen molar-refractivity contribution >= 4 is 41.7 Å². The highest BCUT2D eigenvalue weighted by molar-refractivity contribution is 7.80. The van der Waals surface area contributed by atoms with Crippen molar-refractivity contribution in [1.82, 2.24) is 5.32 Å². The summed E-state index contributed by atoms with van der Waals surface area (Å²) in [6.07, 6.45) is 0.472. The number of hydrogen-bond acceptors (Lipinski definition) is 3. The fourth-order valence-electron chi connectivity index (χ4n) is 2.20. The molecule has 1 atom stereocenters. The molecule has 0 spiro atoms. The van der Waals surface area contributed by atoms with E-state index in [-0.39, 0.29) is 17.7 Å². The molecular formula is C13H15ClN2O2S. The number of benzene rings is 1. The number of nitrogens with zero attached hydrogens (tertiary/aromatic N) is 1. The number of hydrogen-bond donors (Lipinski definition) is 2. The van der Waals surface area contributed by atoms with Crippen LogP contribution in [0, 0.1) is 5.92 Å². The van der Waals surface area contributed by atoms with Gasteiger partial charge in [0.15, 0.2) is 0 Å². The summed E-state index contributed by atoms with van der Waals surface area (Å²) in [7, 11) is 1.55. The van der Waals surface area contributed by atoms with Crippen LogP contribution in [0.1, 0.15) is 16.8 Å². The van der Waals surface area contributed by atoms with Crippen LogP contribution in [0.2, 0.25) is 5.02 Å². The number of amides is 2. The van der Waals surface area contributed by atoms with Crippen LogP contribution in [-0.4, -0.2) is 31.2 Å². The van der Waals surface area contributed by atoms with Crippen LogP contribution in [0.4, 0.5) is 5.69 Å². The molecule has 0 saturated carbocycles. The van der Waals surface area contributed by atoms with Gasteiger partial charge in [0.25, 0.3) is 5.91 Å². The molecule has 1 saturated heterocycles. The molecule has 1 heterocycles. The van der Waals surface area contributed by atoms with Gasteiger partial charge in [0.05, 0.1) is 11.3 Å². The van der Waals surface area contributed by atoms with Crippen molar-refractivity contribution in [2.75, 3.05) is 24.2 Å². The van der Waals surface area contributed by atoms with E-state index in [0.717, 1.165) is 0 Å². The lowest BCUT2D eigenvalue weighted by Crippen LogP contribution is -2.29. The summed E-state index contributed by atoms with van der Waals surface area (Å²) in [5, 5.41) is 3.03. The SMILES string of the molecule is CNC(=O)c1cc(Cl)ccc1N1CC(CS)CC1=O. The van der Waals surface area contributed by atoms with Crippen molar-refractivity contribution in [2.45, 2.75) is 6.42 Å². The summed E-state index contributed by atoms with van der Waals surface area (Å²) in [5.74, 6) is 0.653. The molecular weight excluding hydrogens is 284 g/mol. The summed E-state index contributed by atoms with van der Waals surface area (Å²) >= 11 is 10.2. The first-order valence-electron chi connectivity index (χ1n) is 5.99. The summed E-state index contributed by atoms with van der Waals surface area (Å²) in [6.45, 7) is 0.591. The van der Waals surface area contributed by atoms with Gasteiger partial charge in [0.2, 0.25) is 5.91 Å². The zero-order valence-electron chi connectivity index (χ0n) is 10.5. The Morgan fingerprint density at radius 2 is 2.32 bits per heavy atom. The second kappa shape index (κ2) is 5.84. The maximum Gasteiger partial charge on any atom is 0.253 e. The monoisotopic (exact) mass is 298 g/mol. The largest absolute Gasteiger partial charge is 0.355 e. The van der Waals surface area contributed by atoms with Crippen LogP contribution in [-0.2, 0) is 4.79 Å². The van der Waals surface area contributed by atoms with Crippen molar-refractivity contribution in [3.8, 4) is 0 Å². The molecule has 2 amide bonds. The fraction of sp³-hybridized carbons (Fsp3) is 0.385. The minimum absolute atomic E-state index is 0.0199. The van der Waals surface area contributed by atoms with Crippen LogP contribution < -0.4 is 10.2 Å². The number of halogens is 1. The first-order valence-corrected chi connectivity index (χ1v) is 7.00. The lowest BCUT2D eigenvalue weighted by atomic mass is 10.1. The molecule has 4 nitrogen and oxygen atoms in total. The van der Waals surface area contributed by atoms with E-state index < -0.39 is 0 Å². The Morgan fingerprint density at radius 1 is 1.58 bits per heavy atom. The number of carbonyl (C=O) groups is 2. The number of thiol groups is 1. The Labute approximate surface area is 122 Å². The Bertz CT molecular complexity index is 521. The van der Waals surface area contributed by atoms with Gasteiger partial charge in [-0.05, 0) is 29.9 Å². The molecule has 1 N–H and O–H groups in total. The zero-order valence-corrected chi connectivity index (χ0v) is 12.2. The van der Waals surface area contributed by atoms with Gasteiger partial charge in [-0.3, -0.25) is 9.59 Å². The molecule has 1 aliphatic rings. The molecule has 1 aromatic carbocycles. The van der Waals surface area contributed by atoms with Crippen LogP contribution in [0.15, 0.2) is 18.2 Å². The van der Waals surface area contributed by atoms with E-state index in [0.29, 0.717) is 35.0 Å². The Balaban J connectivity index is 2.39. The minimum Gasteiger partial charge on any atom is -0.355 e. The summed E-state index contributed by atoms with van der Waals surface area (Å²) < 4.78 is 0. The quantitative estimate of drug-likeness (QED) is 0.839. The molecule has 0 aliphatic carbocycles. The maximum absolute atomic E-state index is 12.0. The maximum atomic E-state index is 12.0. The Kier molecular flexibility index (Phi) is 4.37. The molecule has 1 aliphatic heterocycles. The number of carbonyl (C=O) groups excluding carboxylic acids is 2. The number of rotatable bonds is 3. The van der Waals surface area contributed by atoms with E-state index in [9.17, 15) is 9.59 Å². The molecule has 6 heteroatoms. The molecule has 1 unspecified atom stereocenters. The molecule has 1 aromatic rings. The topological polar surface area (TPSA) is 49.4 Å². The average molecular weight is 299 g/mol. The first kappa shape index (κ1) is 14.2. The predicted molar refractivity (Wildman–Crippen MR) is 79.2 cm³/mol. The molecule has 2 rings (SSSR count). The summed E-state index contributed by atoms with van der Waals surface area (Å²) in [5.41, 5.74) is 1.03. The van der Waals surface area contributed by atoms with Gasteiger partial charge in [-0.2, -0.15) is 12.6 Å². The standard InChI is InChI=1S/C13H15ClN2O2S/c1-15-13(18)10-5-9(14)2-3-11(10)16-6-8(7-19)4-12(16)17/h2-3,5,8,19H,4,6-7H2,1H3,(H,15,18). The van der Waals surface area contributed by atoms with E-state index in [2.05, 4.69) is 17.9 Å². The van der Waals surface area contributed by atoms with Crippen LogP contribution in [0.3, 0.4) is 0 Å². The van der Waals surface area contributed by atoms with Gasteiger partial charge in [-0.15, -0.1) is 0 Å². The van der Waals surface area contributed by atoms with Crippen molar-refractivity contribution in [1.29, 1.82) is 0 Å². The van der Waals surface area contributed by atoms with Crippen molar-refractivity contribution in [3.05, 3.63) is 28.8 Å². The molecule has 19 heavy (non-hydrogen) atoms. The predicted octanol–water partition coefficient (Wildman–Crippen LogP) is 1.98. The fourth-order valence-corrected chi connectivity index (χ4v) is 2.61. The molecule has 0 radical (unpaired) electrons. The van der Waals surface area contributed by atoms with Gasteiger partial charge >= 0.3 is 0 Å². The number of anilines is 1. The average Bonchev–Trinajstić information content (AvgIpc) is 2.79. The Morgan fingerprint density at radius 3 is 2.89 bits per heavy atom. The summed E-state index contributed by atoms with van der Waals surface area (Å²) in [6, 6.07) is 4.98. The van der Waals surface area contributed by atoms with Crippen molar-refractivity contribution in [3.63, 3.8) is 0 Å². The lowest BCUT2D eigenvalue weighted by molar-refractivity contribution is -0.117. The zero-order chi connectivity index (χ0) is 14.0. The van der Waals surface area contributed by atoms with Crippen LogP contribution in [0.25, 0.3) is 0 Å². The smallest absolute Gasteiger partial charge is 0.253 e. The van der Waals surface area contributed by atoms with E-state index in [1.807, 2.05) is 0 Å².